The van der Waals surface area contributed by atoms with Crippen molar-refractivity contribution in [2.45, 2.75) is 32.1 Å². The largest absolute Gasteiger partial charge is 0.303 e. The van der Waals surface area contributed by atoms with Gasteiger partial charge in [0.2, 0.25) is 5.91 Å². The molecule has 2 heterocycles. The number of carbonyl (C=O) groups is 1. The minimum absolute atomic E-state index is 0.190. The molecule has 1 aromatic heterocycles. The smallest absolute Gasteiger partial charge is 0.274 e. The summed E-state index contributed by atoms with van der Waals surface area (Å²) in [6.45, 7) is 3.06. The number of nitrogens with zero attached hydrogens (tertiary/aromatic N) is 1. The van der Waals surface area contributed by atoms with E-state index < -0.39 is 10.2 Å². The Morgan fingerprint density at radius 3 is 2.70 bits per heavy atom. The number of rotatable bonds is 4. The van der Waals surface area contributed by atoms with Crippen LogP contribution in [0.4, 0.5) is 0 Å². The van der Waals surface area contributed by atoms with E-state index in [-0.39, 0.29) is 17.7 Å². The van der Waals surface area contributed by atoms with Crippen LogP contribution in [-0.2, 0) is 15.0 Å². The lowest BCUT2D eigenvalue weighted by Crippen LogP contribution is -2.42. The molecule has 20 heavy (non-hydrogen) atoms. The Morgan fingerprint density at radius 1 is 1.40 bits per heavy atom. The van der Waals surface area contributed by atoms with Crippen LogP contribution in [0.5, 0.6) is 0 Å². The predicted octanol–water partition coefficient (Wildman–Crippen LogP) is 1.62. The lowest BCUT2D eigenvalue weighted by atomic mass is 10.2. The zero-order valence-corrected chi connectivity index (χ0v) is 13.0. The van der Waals surface area contributed by atoms with Crippen LogP contribution in [0, 0.1) is 12.8 Å². The fraction of sp³-hybridized carbons (Fsp3) is 0.615. The summed E-state index contributed by atoms with van der Waals surface area (Å²) in [4.78, 5) is 13.3. The normalized spacial score (nSPS) is 26.6. The lowest BCUT2D eigenvalue weighted by Gasteiger charge is -2.15. The van der Waals surface area contributed by atoms with E-state index in [9.17, 15) is 13.2 Å². The molecule has 5 nitrogen and oxygen atoms in total. The van der Waals surface area contributed by atoms with Gasteiger partial charge in [-0.2, -0.15) is 12.7 Å². The summed E-state index contributed by atoms with van der Waals surface area (Å²) in [6.07, 6.45) is 2.49. The van der Waals surface area contributed by atoms with E-state index in [2.05, 4.69) is 4.72 Å². The molecular formula is C13H18N2O3S2. The third-order valence-electron chi connectivity index (χ3n) is 4.00. The SMILES string of the molecule is Cc1ccsc1[C@H]1C[C@@H]1C(=O)NS(=O)(=O)N1CCCC1. The zero-order valence-electron chi connectivity index (χ0n) is 11.3. The first-order valence-corrected chi connectivity index (χ1v) is 9.17. The predicted molar refractivity (Wildman–Crippen MR) is 77.8 cm³/mol. The number of nitrogens with one attached hydrogen (secondary N) is 1. The van der Waals surface area contributed by atoms with Crippen LogP contribution in [0.15, 0.2) is 11.4 Å². The second-order valence-electron chi connectivity index (χ2n) is 5.49. The molecule has 0 bridgehead atoms. The summed E-state index contributed by atoms with van der Waals surface area (Å²) in [5.74, 6) is -0.344. The maximum Gasteiger partial charge on any atom is 0.303 e. The van der Waals surface area contributed by atoms with Gasteiger partial charge < -0.3 is 0 Å². The van der Waals surface area contributed by atoms with Crippen LogP contribution in [0.3, 0.4) is 0 Å². The van der Waals surface area contributed by atoms with Gasteiger partial charge >= 0.3 is 10.2 Å². The Kier molecular flexibility index (Phi) is 3.60. The highest BCUT2D eigenvalue weighted by Gasteiger charge is 2.46. The van der Waals surface area contributed by atoms with Gasteiger partial charge in [0, 0.05) is 29.8 Å². The summed E-state index contributed by atoms with van der Waals surface area (Å²) >= 11 is 1.64. The van der Waals surface area contributed by atoms with Crippen molar-refractivity contribution >= 4 is 27.5 Å². The molecule has 2 atom stereocenters. The van der Waals surface area contributed by atoms with Crippen LogP contribution < -0.4 is 4.72 Å². The minimum atomic E-state index is -3.63. The van der Waals surface area contributed by atoms with Gasteiger partial charge in [-0.25, -0.2) is 4.72 Å². The summed E-state index contributed by atoms with van der Waals surface area (Å²) in [7, 11) is -3.63. The van der Waals surface area contributed by atoms with E-state index in [0.29, 0.717) is 13.1 Å². The summed E-state index contributed by atoms with van der Waals surface area (Å²) in [5, 5.41) is 2.01. The first kappa shape index (κ1) is 14.0. The molecule has 2 fully saturated rings. The molecule has 0 spiro atoms. The van der Waals surface area contributed by atoms with Crippen LogP contribution >= 0.6 is 11.3 Å². The topological polar surface area (TPSA) is 66.5 Å². The van der Waals surface area contributed by atoms with Gasteiger partial charge in [-0.1, -0.05) is 0 Å². The minimum Gasteiger partial charge on any atom is -0.274 e. The van der Waals surface area contributed by atoms with Gasteiger partial charge in [0.05, 0.1) is 0 Å². The van der Waals surface area contributed by atoms with Crippen LogP contribution in [0.1, 0.15) is 35.6 Å². The van der Waals surface area contributed by atoms with Crippen LogP contribution in [0.2, 0.25) is 0 Å². The number of carbonyl (C=O) groups excluding carboxylic acids is 1. The first-order chi connectivity index (χ1) is 9.49. The molecule has 0 aromatic carbocycles. The van der Waals surface area contributed by atoms with Crippen molar-refractivity contribution in [3.05, 3.63) is 21.9 Å². The average Bonchev–Trinajstić information content (AvgIpc) is 2.81. The Labute approximate surface area is 123 Å². The molecule has 1 aliphatic heterocycles. The molecule has 0 radical (unpaired) electrons. The van der Waals surface area contributed by atoms with E-state index in [4.69, 9.17) is 0 Å². The van der Waals surface area contributed by atoms with E-state index in [1.54, 1.807) is 11.3 Å². The van der Waals surface area contributed by atoms with Gasteiger partial charge in [-0.3, -0.25) is 4.79 Å². The first-order valence-electron chi connectivity index (χ1n) is 6.85. The zero-order chi connectivity index (χ0) is 14.3. The standard InChI is InChI=1S/C13H18N2O3S2/c1-9-4-7-19-12(9)10-8-11(10)13(16)14-20(17,18)15-5-2-3-6-15/h4,7,10-11H,2-3,5-6,8H2,1H3,(H,14,16)/t10-,11-/m0/s1. The molecular weight excluding hydrogens is 296 g/mol. The molecule has 1 N–H and O–H groups in total. The highest BCUT2D eigenvalue weighted by molar-refractivity contribution is 7.87. The molecule has 1 aliphatic carbocycles. The molecule has 110 valence electrons. The Balaban J connectivity index is 1.63. The molecule has 1 aromatic rings. The van der Waals surface area contributed by atoms with Crippen molar-refractivity contribution in [3.8, 4) is 0 Å². The second-order valence-corrected chi connectivity index (χ2v) is 8.11. The van der Waals surface area contributed by atoms with E-state index in [1.807, 2.05) is 18.4 Å². The number of thiophene rings is 1. The van der Waals surface area contributed by atoms with Crippen LogP contribution in [-0.4, -0.2) is 31.7 Å². The summed E-state index contributed by atoms with van der Waals surface area (Å²) in [5.41, 5.74) is 1.19. The molecule has 7 heteroatoms. The average molecular weight is 314 g/mol. The molecule has 2 aliphatic rings. The fourth-order valence-corrected chi connectivity index (χ4v) is 5.12. The van der Waals surface area contributed by atoms with Crippen molar-refractivity contribution in [1.29, 1.82) is 0 Å². The summed E-state index contributed by atoms with van der Waals surface area (Å²) < 4.78 is 27.7. The van der Waals surface area contributed by atoms with Crippen molar-refractivity contribution in [3.63, 3.8) is 0 Å². The van der Waals surface area contributed by atoms with E-state index in [1.165, 1.54) is 14.7 Å². The third-order valence-corrected chi connectivity index (χ3v) is 6.66. The number of hydrogen-bond donors (Lipinski definition) is 1. The van der Waals surface area contributed by atoms with Gasteiger partial charge in [-0.15, -0.1) is 11.3 Å². The second kappa shape index (κ2) is 5.13. The molecule has 1 amide bonds. The van der Waals surface area contributed by atoms with Crippen molar-refractivity contribution < 1.29 is 13.2 Å². The lowest BCUT2D eigenvalue weighted by molar-refractivity contribution is -0.120. The highest BCUT2D eigenvalue weighted by Crippen LogP contribution is 2.50. The number of aryl methyl sites for hydroxylation is 1. The van der Waals surface area contributed by atoms with Gasteiger partial charge in [0.15, 0.2) is 0 Å². The van der Waals surface area contributed by atoms with Crippen molar-refractivity contribution in [1.82, 2.24) is 9.03 Å². The van der Waals surface area contributed by atoms with Gasteiger partial charge in [0.25, 0.3) is 0 Å². The van der Waals surface area contributed by atoms with Gasteiger partial charge in [-0.05, 0) is 43.2 Å². The molecule has 1 saturated carbocycles. The molecule has 0 unspecified atom stereocenters. The fourth-order valence-electron chi connectivity index (χ4n) is 2.73. The number of hydrogen-bond acceptors (Lipinski definition) is 4. The van der Waals surface area contributed by atoms with Crippen molar-refractivity contribution in [2.75, 3.05) is 13.1 Å². The maximum atomic E-state index is 12.1. The van der Waals surface area contributed by atoms with E-state index in [0.717, 1.165) is 19.3 Å². The highest BCUT2D eigenvalue weighted by atomic mass is 32.2. The molecule has 1 saturated heterocycles. The maximum absolute atomic E-state index is 12.1. The number of amides is 1. The van der Waals surface area contributed by atoms with Crippen molar-refractivity contribution in [2.24, 2.45) is 5.92 Å². The Morgan fingerprint density at radius 2 is 2.10 bits per heavy atom. The third kappa shape index (κ3) is 2.62. The summed E-state index contributed by atoms with van der Waals surface area (Å²) in [6, 6.07) is 2.04. The quantitative estimate of drug-likeness (QED) is 0.918. The monoisotopic (exact) mass is 314 g/mol. The van der Waals surface area contributed by atoms with E-state index >= 15 is 0 Å². The van der Waals surface area contributed by atoms with Crippen LogP contribution in [0.25, 0.3) is 0 Å². The molecule has 3 rings (SSSR count). The Hall–Kier alpha value is -0.920. The van der Waals surface area contributed by atoms with Gasteiger partial charge in [0.1, 0.15) is 0 Å². The Bertz CT molecular complexity index is 617.